The topological polar surface area (TPSA) is 171 Å². The summed E-state index contributed by atoms with van der Waals surface area (Å²) in [6, 6.07) is 1.02. The molecule has 0 aromatic carbocycles. The number of hydrogen-bond donors (Lipinski definition) is 5. The van der Waals surface area contributed by atoms with E-state index in [-0.39, 0.29) is 0 Å². The fraction of sp³-hybridized carbons (Fsp3) is 0.556. The van der Waals surface area contributed by atoms with Crippen LogP contribution >= 0.6 is 7.82 Å². The number of ether oxygens (including phenoxy) is 1. The maximum absolute atomic E-state index is 11.6. The molecule has 2 rings (SSSR count). The molecule has 0 spiro atoms. The van der Waals surface area contributed by atoms with E-state index in [0.717, 1.165) is 16.8 Å². The van der Waals surface area contributed by atoms with Crippen molar-refractivity contribution in [2.45, 2.75) is 24.5 Å². The third-order valence-corrected chi connectivity index (χ3v) is 3.35. The number of aliphatic hydroxyl groups excluding tert-OH is 2. The lowest BCUT2D eigenvalue weighted by molar-refractivity contribution is -0.0543. The van der Waals surface area contributed by atoms with E-state index in [1.807, 2.05) is 4.98 Å². The van der Waals surface area contributed by atoms with Crippen LogP contribution < -0.4 is 11.2 Å². The maximum atomic E-state index is 11.6. The highest BCUT2D eigenvalue weighted by atomic mass is 31.2. The molecular formula is C9H13N2O9P. The fourth-order valence-electron chi connectivity index (χ4n) is 1.89. The van der Waals surface area contributed by atoms with Gasteiger partial charge in [0.1, 0.15) is 18.3 Å². The molecule has 4 atom stereocenters. The zero-order chi connectivity index (χ0) is 15.8. The predicted octanol–water partition coefficient (Wildman–Crippen LogP) is -2.73. The van der Waals surface area contributed by atoms with Crippen LogP contribution in [0.15, 0.2) is 21.9 Å². The average molecular weight is 324 g/mol. The predicted molar refractivity (Wildman–Crippen MR) is 65.2 cm³/mol. The second kappa shape index (κ2) is 5.81. The highest BCUT2D eigenvalue weighted by molar-refractivity contribution is 7.46. The normalized spacial score (nSPS) is 29.7. The largest absolute Gasteiger partial charge is 0.469 e. The molecule has 1 aromatic heterocycles. The Balaban J connectivity index is 2.18. The Morgan fingerprint density at radius 3 is 2.57 bits per heavy atom. The summed E-state index contributed by atoms with van der Waals surface area (Å²) in [5, 5.41) is 19.6. The van der Waals surface area contributed by atoms with E-state index >= 15 is 0 Å². The minimum absolute atomic E-state index is 0.648. The first-order valence-electron chi connectivity index (χ1n) is 5.72. The van der Waals surface area contributed by atoms with E-state index in [9.17, 15) is 24.4 Å². The van der Waals surface area contributed by atoms with Gasteiger partial charge in [-0.25, -0.2) is 9.36 Å². The molecule has 1 aromatic rings. The lowest BCUT2D eigenvalue weighted by atomic mass is 10.1. The summed E-state index contributed by atoms with van der Waals surface area (Å²) < 4.78 is 20.8. The summed E-state index contributed by atoms with van der Waals surface area (Å²) in [5.74, 6) is 0. The Labute approximate surface area is 116 Å². The molecule has 0 saturated carbocycles. The number of phosphoric acid groups is 1. The fourth-order valence-corrected chi connectivity index (χ4v) is 2.24. The second-order valence-corrected chi connectivity index (χ2v) is 5.59. The van der Waals surface area contributed by atoms with Crippen molar-refractivity contribution in [1.82, 2.24) is 9.55 Å². The number of phosphoric ester groups is 1. The quantitative estimate of drug-likeness (QED) is 0.368. The standard InChI is InChI=1S/C9H13N2O9P/c12-5-1-2-11(9(15)10-5)8-7(14)6(13)4(20-8)3-19-21(16,17)18/h1-2,4,6-8,13-14H,3H2,(H,10,12,15)(H2,16,17,18)/t4-,6+,7?,8-/m1/s1. The molecule has 11 nitrogen and oxygen atoms in total. The molecule has 1 aliphatic heterocycles. The van der Waals surface area contributed by atoms with Gasteiger partial charge in [-0.15, -0.1) is 0 Å². The number of aromatic nitrogens is 2. The van der Waals surface area contributed by atoms with Crippen LogP contribution in [0.2, 0.25) is 0 Å². The van der Waals surface area contributed by atoms with Crippen LogP contribution in [0.3, 0.4) is 0 Å². The van der Waals surface area contributed by atoms with Gasteiger partial charge in [0.05, 0.1) is 6.61 Å². The van der Waals surface area contributed by atoms with E-state index in [1.54, 1.807) is 0 Å². The van der Waals surface area contributed by atoms with Crippen LogP contribution in [-0.2, 0) is 13.8 Å². The van der Waals surface area contributed by atoms with Gasteiger partial charge in [0.25, 0.3) is 5.56 Å². The smallest absolute Gasteiger partial charge is 0.387 e. The van der Waals surface area contributed by atoms with Crippen molar-refractivity contribution in [2.24, 2.45) is 0 Å². The van der Waals surface area contributed by atoms with Crippen LogP contribution in [0.25, 0.3) is 0 Å². The SMILES string of the molecule is O=c1ccn([C@@H]2O[C@H](COP(=O)(O)O)[C@H](O)C2O)c(=O)[nH]1. The molecule has 2 heterocycles. The number of rotatable bonds is 4. The van der Waals surface area contributed by atoms with E-state index in [4.69, 9.17) is 14.5 Å². The first-order chi connectivity index (χ1) is 9.69. The molecular weight excluding hydrogens is 311 g/mol. The zero-order valence-electron chi connectivity index (χ0n) is 10.4. The zero-order valence-corrected chi connectivity index (χ0v) is 11.3. The van der Waals surface area contributed by atoms with E-state index in [2.05, 4.69) is 4.52 Å². The van der Waals surface area contributed by atoms with Gasteiger partial charge in [0, 0.05) is 12.3 Å². The molecule has 0 radical (unpaired) electrons. The lowest BCUT2D eigenvalue weighted by Crippen LogP contribution is -2.37. The van der Waals surface area contributed by atoms with Gasteiger partial charge in [-0.1, -0.05) is 0 Å². The summed E-state index contributed by atoms with van der Waals surface area (Å²) in [6.45, 7) is -0.683. The summed E-state index contributed by atoms with van der Waals surface area (Å²) in [4.78, 5) is 41.6. The summed E-state index contributed by atoms with van der Waals surface area (Å²) >= 11 is 0. The van der Waals surface area contributed by atoms with Gasteiger partial charge >= 0.3 is 13.5 Å². The molecule has 1 aliphatic rings. The Morgan fingerprint density at radius 2 is 2.00 bits per heavy atom. The first kappa shape index (κ1) is 16.0. The van der Waals surface area contributed by atoms with E-state index in [1.165, 1.54) is 0 Å². The number of H-pyrrole nitrogens is 1. The highest BCUT2D eigenvalue weighted by Crippen LogP contribution is 2.38. The van der Waals surface area contributed by atoms with Gasteiger partial charge in [-0.3, -0.25) is 18.9 Å². The van der Waals surface area contributed by atoms with Gasteiger partial charge in [-0.05, 0) is 0 Å². The molecule has 1 fully saturated rings. The summed E-state index contributed by atoms with van der Waals surface area (Å²) in [5.41, 5.74) is -1.51. The first-order valence-corrected chi connectivity index (χ1v) is 7.25. The van der Waals surface area contributed by atoms with E-state index in [0.29, 0.717) is 0 Å². The van der Waals surface area contributed by atoms with Crippen molar-refractivity contribution in [3.8, 4) is 0 Å². The monoisotopic (exact) mass is 324 g/mol. The van der Waals surface area contributed by atoms with Gasteiger partial charge in [0.2, 0.25) is 0 Å². The Morgan fingerprint density at radius 1 is 1.33 bits per heavy atom. The van der Waals surface area contributed by atoms with Crippen molar-refractivity contribution in [3.05, 3.63) is 33.1 Å². The van der Waals surface area contributed by atoms with Gasteiger partial charge in [0.15, 0.2) is 6.23 Å². The summed E-state index contributed by atoms with van der Waals surface area (Å²) in [6.07, 6.45) is -4.58. The Kier molecular flexibility index (Phi) is 4.44. The number of nitrogens with zero attached hydrogens (tertiary/aromatic N) is 1. The van der Waals surface area contributed by atoms with Crippen LogP contribution in [0.5, 0.6) is 0 Å². The molecule has 0 amide bonds. The molecule has 12 heteroatoms. The van der Waals surface area contributed by atoms with E-state index < -0.39 is 50.2 Å². The average Bonchev–Trinajstić information content (AvgIpc) is 2.64. The van der Waals surface area contributed by atoms with Crippen molar-refractivity contribution < 1.29 is 33.8 Å². The summed E-state index contributed by atoms with van der Waals surface area (Å²) in [7, 11) is -4.76. The molecule has 0 aliphatic carbocycles. The van der Waals surface area contributed by atoms with Crippen LogP contribution in [0.1, 0.15) is 6.23 Å². The molecule has 0 bridgehead atoms. The second-order valence-electron chi connectivity index (χ2n) is 4.35. The van der Waals surface area contributed by atoms with Crippen LogP contribution in [0.4, 0.5) is 0 Å². The molecule has 1 saturated heterocycles. The third kappa shape index (κ3) is 3.66. The highest BCUT2D eigenvalue weighted by Gasteiger charge is 2.44. The molecule has 5 N–H and O–H groups in total. The minimum atomic E-state index is -4.76. The molecule has 1 unspecified atom stereocenters. The van der Waals surface area contributed by atoms with Crippen LogP contribution in [0, 0.1) is 0 Å². The third-order valence-electron chi connectivity index (χ3n) is 2.87. The molecule has 118 valence electrons. The number of aliphatic hydroxyl groups is 2. The Hall–Kier alpha value is -1.33. The Bertz CT molecular complexity index is 664. The van der Waals surface area contributed by atoms with Gasteiger partial charge < -0.3 is 24.7 Å². The van der Waals surface area contributed by atoms with Crippen molar-refractivity contribution in [1.29, 1.82) is 0 Å². The van der Waals surface area contributed by atoms with Crippen molar-refractivity contribution in [3.63, 3.8) is 0 Å². The van der Waals surface area contributed by atoms with Gasteiger partial charge in [-0.2, -0.15) is 0 Å². The number of hydrogen-bond acceptors (Lipinski definition) is 7. The molecule has 21 heavy (non-hydrogen) atoms. The van der Waals surface area contributed by atoms with Crippen LogP contribution in [-0.4, -0.2) is 54.5 Å². The number of nitrogens with one attached hydrogen (secondary N) is 1. The van der Waals surface area contributed by atoms with Crippen molar-refractivity contribution >= 4 is 7.82 Å². The number of aromatic amines is 1. The lowest BCUT2D eigenvalue weighted by Gasteiger charge is -2.16. The minimum Gasteiger partial charge on any atom is -0.387 e. The van der Waals surface area contributed by atoms with Crippen molar-refractivity contribution in [2.75, 3.05) is 6.61 Å². The maximum Gasteiger partial charge on any atom is 0.469 e.